The number of hydrogen-bond acceptors (Lipinski definition) is 3. The minimum absolute atomic E-state index is 0.0212. The molecule has 2 aromatic rings. The van der Waals surface area contributed by atoms with Gasteiger partial charge in [0.15, 0.2) is 5.72 Å². The summed E-state index contributed by atoms with van der Waals surface area (Å²) in [6.07, 6.45) is 0.0212. The lowest BCUT2D eigenvalue weighted by Gasteiger charge is -2.36. The summed E-state index contributed by atoms with van der Waals surface area (Å²) in [5.74, 6) is -0.0379. The number of fused-ring (bicyclic) bond motifs is 3. The third-order valence-electron chi connectivity index (χ3n) is 4.41. The number of carbonyl (C=O) groups excluding carboxylic acids is 1. The molecule has 0 radical (unpaired) electrons. The van der Waals surface area contributed by atoms with Crippen molar-refractivity contribution in [3.05, 3.63) is 64.7 Å². The molecule has 1 fully saturated rings. The van der Waals surface area contributed by atoms with Gasteiger partial charge in [-0.05, 0) is 25.1 Å². The van der Waals surface area contributed by atoms with E-state index in [2.05, 4.69) is 10.2 Å². The van der Waals surface area contributed by atoms with Gasteiger partial charge in [-0.2, -0.15) is 0 Å². The summed E-state index contributed by atoms with van der Waals surface area (Å²) in [6, 6.07) is 15.5. The quantitative estimate of drug-likeness (QED) is 0.874. The number of halogens is 1. The number of rotatable bonds is 1. The van der Waals surface area contributed by atoms with Gasteiger partial charge in [0.05, 0.1) is 12.6 Å². The Bertz CT molecular complexity index is 765. The van der Waals surface area contributed by atoms with Crippen LogP contribution in [0.25, 0.3) is 0 Å². The fourth-order valence-corrected chi connectivity index (χ4v) is 3.76. The van der Waals surface area contributed by atoms with Crippen molar-refractivity contribution in [1.29, 1.82) is 0 Å². The highest BCUT2D eigenvalue weighted by Crippen LogP contribution is 2.47. The maximum atomic E-state index is 12.3. The van der Waals surface area contributed by atoms with E-state index < -0.39 is 5.72 Å². The topological polar surface area (TPSA) is 41.6 Å². The van der Waals surface area contributed by atoms with E-state index in [9.17, 15) is 4.79 Å². The van der Waals surface area contributed by atoms with Crippen LogP contribution in [0.15, 0.2) is 48.5 Å². The minimum Gasteiger partial charge on any atom is -0.347 e. The predicted octanol–water partition coefficient (Wildman–Crippen LogP) is 3.21. The lowest BCUT2D eigenvalue weighted by molar-refractivity contribution is -0.121. The van der Waals surface area contributed by atoms with Crippen molar-refractivity contribution < 1.29 is 9.53 Å². The molecule has 1 N–H and O–H groups in total. The van der Waals surface area contributed by atoms with E-state index in [1.165, 1.54) is 0 Å². The molecule has 0 spiro atoms. The number of amides is 1. The maximum absolute atomic E-state index is 12.3. The van der Waals surface area contributed by atoms with E-state index in [0.29, 0.717) is 11.6 Å². The van der Waals surface area contributed by atoms with E-state index in [1.807, 2.05) is 49.4 Å². The van der Waals surface area contributed by atoms with Crippen molar-refractivity contribution in [2.24, 2.45) is 0 Å². The number of anilines is 1. The zero-order valence-electron chi connectivity index (χ0n) is 12.8. The van der Waals surface area contributed by atoms with Gasteiger partial charge in [0.2, 0.25) is 5.91 Å². The van der Waals surface area contributed by atoms with Gasteiger partial charge < -0.3 is 10.1 Å². The lowest BCUT2D eigenvalue weighted by Crippen LogP contribution is -2.44. The summed E-state index contributed by atoms with van der Waals surface area (Å²) < 4.78 is 6.42. The van der Waals surface area contributed by atoms with Gasteiger partial charge in [0.25, 0.3) is 0 Å². The van der Waals surface area contributed by atoms with E-state index in [1.54, 1.807) is 6.07 Å². The molecular weight excluding hydrogens is 312 g/mol. The Morgan fingerprint density at radius 3 is 2.83 bits per heavy atom. The number of ether oxygens (including phenoxy) is 1. The monoisotopic (exact) mass is 328 g/mol. The molecule has 5 heteroatoms. The normalized spacial score (nSPS) is 27.0. The molecule has 0 unspecified atom stereocenters. The SMILES string of the molecule is C[C@H]1CN2CC(=O)Nc3ccc(Cl)cc3[C@]2(c2ccccc2)O1. The van der Waals surface area contributed by atoms with E-state index in [0.717, 1.165) is 16.8 Å². The van der Waals surface area contributed by atoms with Gasteiger partial charge in [0.1, 0.15) is 0 Å². The molecule has 2 aromatic carbocycles. The second-order valence-corrected chi connectivity index (χ2v) is 6.49. The Morgan fingerprint density at radius 1 is 1.26 bits per heavy atom. The average Bonchev–Trinajstić information content (AvgIpc) is 2.81. The summed E-state index contributed by atoms with van der Waals surface area (Å²) in [5, 5.41) is 3.59. The number of nitrogens with zero attached hydrogens (tertiary/aromatic N) is 1. The first kappa shape index (κ1) is 14.7. The van der Waals surface area contributed by atoms with Gasteiger partial charge in [-0.3, -0.25) is 9.69 Å². The molecule has 1 saturated heterocycles. The van der Waals surface area contributed by atoms with E-state index in [-0.39, 0.29) is 18.6 Å². The van der Waals surface area contributed by atoms with Crippen LogP contribution >= 0.6 is 11.6 Å². The first-order chi connectivity index (χ1) is 11.1. The fourth-order valence-electron chi connectivity index (χ4n) is 3.59. The smallest absolute Gasteiger partial charge is 0.238 e. The fraction of sp³-hybridized carbons (Fsp3) is 0.278. The number of carbonyl (C=O) groups is 1. The predicted molar refractivity (Wildman–Crippen MR) is 89.4 cm³/mol. The van der Waals surface area contributed by atoms with Crippen LogP contribution in [0.5, 0.6) is 0 Å². The Hall–Kier alpha value is -1.88. The third kappa shape index (κ3) is 2.26. The molecule has 4 nitrogen and oxygen atoms in total. The molecule has 0 saturated carbocycles. The van der Waals surface area contributed by atoms with E-state index >= 15 is 0 Å². The van der Waals surface area contributed by atoms with Gasteiger partial charge in [0, 0.05) is 28.4 Å². The van der Waals surface area contributed by atoms with Crippen molar-refractivity contribution >= 4 is 23.2 Å². The van der Waals surface area contributed by atoms with Crippen molar-refractivity contribution in [1.82, 2.24) is 4.90 Å². The van der Waals surface area contributed by atoms with Crippen LogP contribution in [0.4, 0.5) is 5.69 Å². The molecular formula is C18H17ClN2O2. The highest BCUT2D eigenvalue weighted by Gasteiger charge is 2.51. The number of hydrogen-bond donors (Lipinski definition) is 1. The van der Waals surface area contributed by atoms with Gasteiger partial charge in [-0.15, -0.1) is 0 Å². The molecule has 2 aliphatic heterocycles. The van der Waals surface area contributed by atoms with Crippen LogP contribution in [-0.2, 0) is 15.3 Å². The number of benzene rings is 2. The molecule has 23 heavy (non-hydrogen) atoms. The maximum Gasteiger partial charge on any atom is 0.238 e. The standard InChI is InChI=1S/C18H17ClN2O2/c1-12-10-21-11-17(22)20-16-8-7-14(19)9-15(16)18(21,23-12)13-5-3-2-4-6-13/h2-9,12H,10-11H2,1H3,(H,20,22)/t12-,18-/m0/s1. The Kier molecular flexibility index (Phi) is 3.41. The summed E-state index contributed by atoms with van der Waals surface area (Å²) in [5.41, 5.74) is 1.84. The van der Waals surface area contributed by atoms with Gasteiger partial charge in [-0.25, -0.2) is 0 Å². The van der Waals surface area contributed by atoms with Gasteiger partial charge in [-0.1, -0.05) is 41.9 Å². The first-order valence-electron chi connectivity index (χ1n) is 7.68. The molecule has 2 aliphatic rings. The van der Waals surface area contributed by atoms with Crippen molar-refractivity contribution in [2.45, 2.75) is 18.8 Å². The molecule has 2 heterocycles. The second kappa shape index (κ2) is 5.34. The van der Waals surface area contributed by atoms with Crippen LogP contribution in [-0.4, -0.2) is 30.0 Å². The second-order valence-electron chi connectivity index (χ2n) is 6.06. The summed E-state index contributed by atoms with van der Waals surface area (Å²) >= 11 is 6.26. The first-order valence-corrected chi connectivity index (χ1v) is 8.05. The lowest BCUT2D eigenvalue weighted by atomic mass is 9.92. The zero-order valence-corrected chi connectivity index (χ0v) is 13.5. The van der Waals surface area contributed by atoms with Gasteiger partial charge >= 0.3 is 0 Å². The minimum atomic E-state index is -0.792. The van der Waals surface area contributed by atoms with Crippen LogP contribution in [0.3, 0.4) is 0 Å². The Morgan fingerprint density at radius 2 is 2.04 bits per heavy atom. The van der Waals surface area contributed by atoms with Crippen LogP contribution in [0.1, 0.15) is 18.1 Å². The summed E-state index contributed by atoms with van der Waals surface area (Å²) in [7, 11) is 0. The third-order valence-corrected chi connectivity index (χ3v) is 4.65. The Labute approximate surface area is 140 Å². The summed E-state index contributed by atoms with van der Waals surface area (Å²) in [6.45, 7) is 3.00. The highest BCUT2D eigenvalue weighted by molar-refractivity contribution is 6.30. The molecule has 0 aromatic heterocycles. The van der Waals surface area contributed by atoms with Crippen LogP contribution in [0, 0.1) is 0 Å². The molecule has 1 amide bonds. The molecule has 2 atom stereocenters. The average molecular weight is 329 g/mol. The van der Waals surface area contributed by atoms with E-state index in [4.69, 9.17) is 16.3 Å². The highest BCUT2D eigenvalue weighted by atomic mass is 35.5. The molecule has 118 valence electrons. The van der Waals surface area contributed by atoms with Crippen molar-refractivity contribution in [3.63, 3.8) is 0 Å². The van der Waals surface area contributed by atoms with Crippen molar-refractivity contribution in [3.8, 4) is 0 Å². The molecule has 4 rings (SSSR count). The van der Waals surface area contributed by atoms with Crippen LogP contribution in [0.2, 0.25) is 5.02 Å². The largest absolute Gasteiger partial charge is 0.347 e. The molecule has 0 bridgehead atoms. The molecule has 0 aliphatic carbocycles. The van der Waals surface area contributed by atoms with Crippen molar-refractivity contribution in [2.75, 3.05) is 18.4 Å². The summed E-state index contributed by atoms with van der Waals surface area (Å²) in [4.78, 5) is 14.4. The number of nitrogens with one attached hydrogen (secondary N) is 1. The Balaban J connectivity index is 2.02. The van der Waals surface area contributed by atoms with Crippen LogP contribution < -0.4 is 5.32 Å². The zero-order chi connectivity index (χ0) is 16.0.